The average Bonchev–Trinajstić information content (AvgIpc) is 3.35. The number of anilines is 2. The van der Waals surface area contributed by atoms with Crippen LogP contribution >= 0.6 is 11.3 Å². The largest absolute Gasteiger partial charge is 0.398 e. The van der Waals surface area contributed by atoms with Crippen LogP contribution in [0.1, 0.15) is 5.56 Å². The lowest BCUT2D eigenvalue weighted by molar-refractivity contribution is 0.808. The number of nitrogens with two attached hydrogens (primary N) is 2. The molecule has 0 bridgehead atoms. The topological polar surface area (TPSA) is 95.6 Å². The Morgan fingerprint density at radius 3 is 2.48 bits per heavy atom. The van der Waals surface area contributed by atoms with Crippen molar-refractivity contribution in [3.8, 4) is 21.8 Å². The van der Waals surface area contributed by atoms with Gasteiger partial charge in [0, 0.05) is 11.3 Å². The Morgan fingerprint density at radius 2 is 1.69 bits per heavy atom. The molecule has 0 amide bonds. The number of imidazole rings is 1. The Labute approximate surface area is 171 Å². The summed E-state index contributed by atoms with van der Waals surface area (Å²) in [5.74, 6) is 0.483. The lowest BCUT2D eigenvalue weighted by Gasteiger charge is -2.11. The predicted molar refractivity (Wildman–Crippen MR) is 118 cm³/mol. The maximum absolute atomic E-state index is 6.19. The molecule has 0 saturated heterocycles. The van der Waals surface area contributed by atoms with E-state index in [-0.39, 0.29) is 0 Å². The molecule has 29 heavy (non-hydrogen) atoms. The fourth-order valence-corrected chi connectivity index (χ4v) is 4.49. The maximum Gasteiger partial charge on any atom is 0.135 e. The zero-order chi connectivity index (χ0) is 19.8. The summed E-state index contributed by atoms with van der Waals surface area (Å²) in [6.07, 6.45) is 3.36. The van der Waals surface area contributed by atoms with Gasteiger partial charge in [0.25, 0.3) is 0 Å². The van der Waals surface area contributed by atoms with Crippen LogP contribution in [-0.2, 0) is 6.54 Å². The van der Waals surface area contributed by atoms with Crippen LogP contribution in [0.15, 0.2) is 73.3 Å². The number of rotatable bonds is 4. The first kappa shape index (κ1) is 17.4. The monoisotopic (exact) mass is 398 g/mol. The third kappa shape index (κ3) is 3.11. The highest BCUT2D eigenvalue weighted by atomic mass is 32.1. The molecule has 4 N–H and O–H groups in total. The van der Waals surface area contributed by atoms with Gasteiger partial charge in [0.05, 0.1) is 34.5 Å². The Hall–Kier alpha value is -3.71. The standard InChI is InChI=1S/C22H18N6S/c23-17-9-5-4-8-15(17)11-28-13-27-19(14-6-2-1-3-7-14)20(28)18-10-16-21(24)25-12-26-22(16)29-18/h1-10,12-13H,11,23H2,(H2,24,25,26). The fraction of sp³-hybridized carbons (Fsp3) is 0.0455. The van der Waals surface area contributed by atoms with Crippen LogP contribution in [0.3, 0.4) is 0 Å². The van der Waals surface area contributed by atoms with Gasteiger partial charge in [-0.3, -0.25) is 0 Å². The van der Waals surface area contributed by atoms with Gasteiger partial charge < -0.3 is 16.0 Å². The van der Waals surface area contributed by atoms with Gasteiger partial charge in [-0.05, 0) is 17.7 Å². The number of para-hydroxylation sites is 1. The zero-order valence-electron chi connectivity index (χ0n) is 15.5. The van der Waals surface area contributed by atoms with Crippen LogP contribution in [0.25, 0.3) is 32.0 Å². The molecule has 6 nitrogen and oxygen atoms in total. The highest BCUT2D eigenvalue weighted by Gasteiger charge is 2.19. The van der Waals surface area contributed by atoms with Crippen molar-refractivity contribution in [3.05, 3.63) is 78.9 Å². The molecule has 0 radical (unpaired) electrons. The number of hydrogen-bond donors (Lipinski definition) is 2. The molecule has 0 spiro atoms. The van der Waals surface area contributed by atoms with E-state index in [2.05, 4.69) is 26.7 Å². The Balaban J connectivity index is 1.71. The van der Waals surface area contributed by atoms with Gasteiger partial charge in [-0.25, -0.2) is 15.0 Å². The molecular formula is C22H18N6S. The summed E-state index contributed by atoms with van der Waals surface area (Å²) in [6, 6.07) is 20.1. The van der Waals surface area contributed by atoms with Crippen molar-refractivity contribution >= 4 is 33.1 Å². The van der Waals surface area contributed by atoms with E-state index in [0.29, 0.717) is 12.4 Å². The zero-order valence-corrected chi connectivity index (χ0v) is 16.3. The maximum atomic E-state index is 6.19. The summed E-state index contributed by atoms with van der Waals surface area (Å²) in [5, 5.41) is 0.860. The molecule has 3 heterocycles. The number of nitrogens with zero attached hydrogens (tertiary/aromatic N) is 4. The predicted octanol–water partition coefficient (Wildman–Crippen LogP) is 4.43. The second-order valence-electron chi connectivity index (χ2n) is 6.72. The summed E-state index contributed by atoms with van der Waals surface area (Å²) >= 11 is 1.58. The van der Waals surface area contributed by atoms with E-state index in [1.807, 2.05) is 54.9 Å². The van der Waals surface area contributed by atoms with Gasteiger partial charge >= 0.3 is 0 Å². The summed E-state index contributed by atoms with van der Waals surface area (Å²) in [5.41, 5.74) is 17.1. The molecule has 0 fully saturated rings. The van der Waals surface area contributed by atoms with Crippen molar-refractivity contribution in [2.24, 2.45) is 0 Å². The molecule has 3 aromatic heterocycles. The molecule has 0 saturated carbocycles. The molecule has 0 aliphatic carbocycles. The van der Waals surface area contributed by atoms with Crippen LogP contribution < -0.4 is 11.5 Å². The van der Waals surface area contributed by atoms with Gasteiger partial charge in [-0.2, -0.15) is 0 Å². The number of aromatic nitrogens is 4. The van der Waals surface area contributed by atoms with Crippen molar-refractivity contribution in [1.29, 1.82) is 0 Å². The van der Waals surface area contributed by atoms with Gasteiger partial charge in [-0.1, -0.05) is 48.5 Å². The van der Waals surface area contributed by atoms with Crippen molar-refractivity contribution in [1.82, 2.24) is 19.5 Å². The minimum atomic E-state index is 0.483. The first-order valence-electron chi connectivity index (χ1n) is 9.15. The van der Waals surface area contributed by atoms with Crippen LogP contribution in [0.2, 0.25) is 0 Å². The fourth-order valence-electron chi connectivity index (χ4n) is 3.42. The molecule has 0 unspecified atom stereocenters. The first-order chi connectivity index (χ1) is 14.2. The van der Waals surface area contributed by atoms with Crippen molar-refractivity contribution in [3.63, 3.8) is 0 Å². The minimum Gasteiger partial charge on any atom is -0.398 e. The Kier molecular flexibility index (Phi) is 4.22. The van der Waals surface area contributed by atoms with Crippen molar-refractivity contribution < 1.29 is 0 Å². The molecule has 142 valence electrons. The van der Waals surface area contributed by atoms with Gasteiger partial charge in [0.15, 0.2) is 0 Å². The quantitative estimate of drug-likeness (QED) is 0.437. The van der Waals surface area contributed by atoms with E-state index in [0.717, 1.165) is 43.3 Å². The van der Waals surface area contributed by atoms with E-state index < -0.39 is 0 Å². The smallest absolute Gasteiger partial charge is 0.135 e. The van der Waals surface area contributed by atoms with E-state index in [1.165, 1.54) is 6.33 Å². The second-order valence-corrected chi connectivity index (χ2v) is 7.75. The molecule has 7 heteroatoms. The summed E-state index contributed by atoms with van der Waals surface area (Å²) < 4.78 is 2.13. The number of hydrogen-bond acceptors (Lipinski definition) is 6. The van der Waals surface area contributed by atoms with Gasteiger partial charge in [-0.15, -0.1) is 11.3 Å². The van der Waals surface area contributed by atoms with E-state index in [1.54, 1.807) is 11.3 Å². The molecule has 0 aliphatic heterocycles. The third-order valence-corrected chi connectivity index (χ3v) is 5.92. The summed E-state index contributed by atoms with van der Waals surface area (Å²) in [4.78, 5) is 15.1. The third-order valence-electron chi connectivity index (χ3n) is 4.87. The van der Waals surface area contributed by atoms with E-state index >= 15 is 0 Å². The molecule has 2 aromatic carbocycles. The van der Waals surface area contributed by atoms with Gasteiger partial charge in [0.2, 0.25) is 0 Å². The van der Waals surface area contributed by atoms with E-state index in [4.69, 9.17) is 16.5 Å². The van der Waals surface area contributed by atoms with Gasteiger partial charge in [0.1, 0.15) is 17.0 Å². The van der Waals surface area contributed by atoms with Crippen molar-refractivity contribution in [2.75, 3.05) is 11.5 Å². The lowest BCUT2D eigenvalue weighted by Crippen LogP contribution is -2.03. The minimum absolute atomic E-state index is 0.483. The summed E-state index contributed by atoms with van der Waals surface area (Å²) in [6.45, 7) is 0.622. The Bertz CT molecular complexity index is 1310. The number of nitrogen functional groups attached to an aromatic ring is 2. The summed E-state index contributed by atoms with van der Waals surface area (Å²) in [7, 11) is 0. The van der Waals surface area contributed by atoms with Crippen molar-refractivity contribution in [2.45, 2.75) is 6.54 Å². The molecular weight excluding hydrogens is 380 g/mol. The number of thiophene rings is 1. The number of benzene rings is 2. The molecule has 0 aliphatic rings. The molecule has 0 atom stereocenters. The average molecular weight is 398 g/mol. The highest BCUT2D eigenvalue weighted by molar-refractivity contribution is 7.21. The normalized spacial score (nSPS) is 11.2. The van der Waals surface area contributed by atoms with Crippen LogP contribution in [0.4, 0.5) is 11.5 Å². The first-order valence-corrected chi connectivity index (χ1v) is 9.96. The lowest BCUT2D eigenvalue weighted by atomic mass is 10.1. The molecule has 5 aromatic rings. The van der Waals surface area contributed by atoms with E-state index in [9.17, 15) is 0 Å². The van der Waals surface area contributed by atoms with Crippen LogP contribution in [-0.4, -0.2) is 19.5 Å². The van der Waals surface area contributed by atoms with Crippen LogP contribution in [0.5, 0.6) is 0 Å². The second kappa shape index (κ2) is 7.03. The Morgan fingerprint density at radius 1 is 0.897 bits per heavy atom. The molecule has 5 rings (SSSR count). The van der Waals surface area contributed by atoms with Crippen LogP contribution in [0, 0.1) is 0 Å². The number of fused-ring (bicyclic) bond motifs is 1. The SMILES string of the molecule is Nc1ccccc1Cn1cnc(-c2ccccc2)c1-c1cc2c(N)ncnc2s1. The highest BCUT2D eigenvalue weighted by Crippen LogP contribution is 2.39.